The van der Waals surface area contributed by atoms with Crippen molar-refractivity contribution >= 4 is 18.0 Å². The van der Waals surface area contributed by atoms with Gasteiger partial charge in [-0.2, -0.15) is 0 Å². The van der Waals surface area contributed by atoms with Crippen LogP contribution in [-0.4, -0.2) is 84.0 Å². The molecule has 3 aromatic rings. The molecule has 1 amide bonds. The summed E-state index contributed by atoms with van der Waals surface area (Å²) in [6.45, 7) is 12.6. The second-order valence-corrected chi connectivity index (χ2v) is 12.4. The standard InChI is InChI=1S/C32H36FN5O4.C3H8O/c1-4-38(21(2)3)31(40)25-12-23(33)8-9-28(25)42-29-15-34-20-35-30(29)37-18-32(19-37)13-24(14-32)41-27-7-5-6-22-16-36(10-11-39)17-26(22)27;1-3-4-2/h5-9,11-12,15,20-21,24H,4,10,13-14,16-19H2,1-3H3;3H2,1-2H3. The maximum atomic E-state index is 14.2. The van der Waals surface area contributed by atoms with Gasteiger partial charge in [-0.05, 0) is 70.4 Å². The highest BCUT2D eigenvalue weighted by Crippen LogP contribution is 2.52. The fraction of sp³-hybridized carbons (Fsp3) is 0.486. The molecular weight excluding hydrogens is 589 g/mol. The first kappa shape index (κ1) is 33.3. The summed E-state index contributed by atoms with van der Waals surface area (Å²) in [5, 5.41) is 0. The van der Waals surface area contributed by atoms with Crippen LogP contribution >= 0.6 is 0 Å². The van der Waals surface area contributed by atoms with E-state index in [0.717, 1.165) is 57.7 Å². The van der Waals surface area contributed by atoms with Crippen molar-refractivity contribution in [1.82, 2.24) is 19.8 Å². The number of methoxy groups -OCH3 is 1. The maximum Gasteiger partial charge on any atom is 0.257 e. The molecule has 11 heteroatoms. The van der Waals surface area contributed by atoms with Gasteiger partial charge in [0.2, 0.25) is 0 Å². The molecular formula is C35H44FN5O5. The van der Waals surface area contributed by atoms with Gasteiger partial charge in [-0.25, -0.2) is 14.4 Å². The lowest BCUT2D eigenvalue weighted by Crippen LogP contribution is -2.65. The van der Waals surface area contributed by atoms with Gasteiger partial charge >= 0.3 is 0 Å². The molecule has 1 saturated heterocycles. The van der Waals surface area contributed by atoms with Gasteiger partial charge in [0.1, 0.15) is 36.0 Å². The van der Waals surface area contributed by atoms with Gasteiger partial charge in [-0.15, -0.1) is 0 Å². The number of aromatic nitrogens is 2. The average molecular weight is 634 g/mol. The number of carbonyl (C=O) groups excluding carboxylic acids is 2. The normalized spacial score (nSPS) is 16.6. The summed E-state index contributed by atoms with van der Waals surface area (Å²) in [6.07, 6.45) is 6.06. The van der Waals surface area contributed by atoms with Crippen molar-refractivity contribution in [2.24, 2.45) is 5.41 Å². The van der Waals surface area contributed by atoms with E-state index in [1.54, 1.807) is 18.2 Å². The van der Waals surface area contributed by atoms with Gasteiger partial charge in [-0.3, -0.25) is 9.69 Å². The quantitative estimate of drug-likeness (QED) is 0.254. The van der Waals surface area contributed by atoms with Crippen molar-refractivity contribution in [2.75, 3.05) is 44.8 Å². The number of hydrogen-bond donors (Lipinski definition) is 0. The van der Waals surface area contributed by atoms with Crippen LogP contribution in [0.15, 0.2) is 48.9 Å². The number of nitrogens with zero attached hydrogens (tertiary/aromatic N) is 5. The SMILES string of the molecule is CCN(C(=O)c1cc(F)ccc1Oc1cncnc1N1CC2(CC(Oc3cccc4c3CN(CC=O)C4)C2)C1)C(C)C.CCOC. The molecule has 1 saturated carbocycles. The Morgan fingerprint density at radius 2 is 1.89 bits per heavy atom. The third-order valence-corrected chi connectivity index (χ3v) is 8.87. The average Bonchev–Trinajstić information content (AvgIpc) is 3.43. The van der Waals surface area contributed by atoms with Gasteiger partial charge in [0, 0.05) is 63.5 Å². The molecule has 2 aliphatic heterocycles. The topological polar surface area (TPSA) is 97.3 Å². The van der Waals surface area contributed by atoms with Crippen LogP contribution in [0.1, 0.15) is 62.0 Å². The molecule has 46 heavy (non-hydrogen) atoms. The molecule has 6 rings (SSSR count). The molecule has 2 aromatic carbocycles. The van der Waals surface area contributed by atoms with E-state index in [2.05, 4.69) is 30.6 Å². The second kappa shape index (κ2) is 14.6. The van der Waals surface area contributed by atoms with Gasteiger partial charge < -0.3 is 28.8 Å². The zero-order chi connectivity index (χ0) is 32.8. The van der Waals surface area contributed by atoms with Crippen LogP contribution in [0.2, 0.25) is 0 Å². The van der Waals surface area contributed by atoms with Crippen LogP contribution in [0, 0.1) is 11.2 Å². The minimum absolute atomic E-state index is 0.0400. The minimum Gasteiger partial charge on any atom is -0.490 e. The highest BCUT2D eigenvalue weighted by molar-refractivity contribution is 5.97. The van der Waals surface area contributed by atoms with Crippen LogP contribution in [0.5, 0.6) is 17.2 Å². The second-order valence-electron chi connectivity index (χ2n) is 12.4. The molecule has 0 atom stereocenters. The van der Waals surface area contributed by atoms with Gasteiger partial charge in [0.15, 0.2) is 11.6 Å². The molecule has 246 valence electrons. The Balaban J connectivity index is 0.000000985. The van der Waals surface area contributed by atoms with Crippen molar-refractivity contribution in [1.29, 1.82) is 0 Å². The first-order valence-electron chi connectivity index (χ1n) is 16.0. The highest BCUT2D eigenvalue weighted by Gasteiger charge is 2.54. The molecule has 10 nitrogen and oxygen atoms in total. The highest BCUT2D eigenvalue weighted by atomic mass is 19.1. The Hall–Kier alpha value is -4.09. The number of carbonyl (C=O) groups is 2. The molecule has 1 aliphatic carbocycles. The largest absolute Gasteiger partial charge is 0.490 e. The smallest absolute Gasteiger partial charge is 0.257 e. The van der Waals surface area contributed by atoms with E-state index >= 15 is 0 Å². The molecule has 0 bridgehead atoms. The van der Waals surface area contributed by atoms with E-state index in [-0.39, 0.29) is 34.8 Å². The van der Waals surface area contributed by atoms with Crippen LogP contribution in [0.3, 0.4) is 0 Å². The lowest BCUT2D eigenvalue weighted by Gasteiger charge is -2.59. The number of amides is 1. The molecule has 2 fully saturated rings. The number of aldehydes is 1. The van der Waals surface area contributed by atoms with E-state index < -0.39 is 5.82 Å². The van der Waals surface area contributed by atoms with E-state index in [1.807, 2.05) is 39.8 Å². The maximum absolute atomic E-state index is 14.2. The molecule has 0 unspecified atom stereocenters. The Morgan fingerprint density at radius 1 is 1.13 bits per heavy atom. The summed E-state index contributed by atoms with van der Waals surface area (Å²) in [6, 6.07) is 10.1. The van der Waals surface area contributed by atoms with E-state index in [9.17, 15) is 14.0 Å². The first-order valence-corrected chi connectivity index (χ1v) is 16.0. The van der Waals surface area contributed by atoms with Gasteiger partial charge in [-0.1, -0.05) is 12.1 Å². The predicted octanol–water partition coefficient (Wildman–Crippen LogP) is 5.49. The number of benzene rings is 2. The number of rotatable bonds is 11. The fourth-order valence-corrected chi connectivity index (χ4v) is 6.54. The Bertz CT molecular complexity index is 1520. The van der Waals surface area contributed by atoms with Crippen LogP contribution in [0.25, 0.3) is 0 Å². The lowest BCUT2D eigenvalue weighted by molar-refractivity contribution is -0.109. The van der Waals surface area contributed by atoms with E-state index in [4.69, 9.17) is 9.47 Å². The third-order valence-electron chi connectivity index (χ3n) is 8.87. The zero-order valence-electron chi connectivity index (χ0n) is 27.4. The van der Waals surface area contributed by atoms with E-state index in [0.29, 0.717) is 24.7 Å². The van der Waals surface area contributed by atoms with Crippen molar-refractivity contribution in [3.63, 3.8) is 0 Å². The molecule has 1 spiro atoms. The van der Waals surface area contributed by atoms with Gasteiger partial charge in [0.25, 0.3) is 5.91 Å². The van der Waals surface area contributed by atoms with Crippen molar-refractivity contribution in [3.8, 4) is 17.2 Å². The Morgan fingerprint density at radius 3 is 2.57 bits per heavy atom. The minimum atomic E-state index is -0.500. The number of anilines is 1. The number of fused-ring (bicyclic) bond motifs is 1. The summed E-state index contributed by atoms with van der Waals surface area (Å²) >= 11 is 0. The monoisotopic (exact) mass is 633 g/mol. The lowest BCUT2D eigenvalue weighted by atomic mass is 9.61. The third kappa shape index (κ3) is 7.15. The van der Waals surface area contributed by atoms with Crippen LogP contribution in [0.4, 0.5) is 10.2 Å². The molecule has 0 N–H and O–H groups in total. The van der Waals surface area contributed by atoms with E-state index in [1.165, 1.54) is 35.7 Å². The fourth-order valence-electron chi connectivity index (χ4n) is 6.54. The molecule has 3 aliphatic rings. The van der Waals surface area contributed by atoms with Crippen molar-refractivity contribution < 1.29 is 28.2 Å². The summed E-state index contributed by atoms with van der Waals surface area (Å²) < 4.78 is 31.4. The Kier molecular flexibility index (Phi) is 10.5. The summed E-state index contributed by atoms with van der Waals surface area (Å²) in [5.41, 5.74) is 2.74. The molecule has 3 heterocycles. The Labute approximate surface area is 270 Å². The summed E-state index contributed by atoms with van der Waals surface area (Å²) in [7, 11) is 1.68. The number of ether oxygens (including phenoxy) is 3. The van der Waals surface area contributed by atoms with Crippen molar-refractivity contribution in [3.05, 3.63) is 71.4 Å². The summed E-state index contributed by atoms with van der Waals surface area (Å²) in [5.74, 6) is 1.48. The zero-order valence-corrected chi connectivity index (χ0v) is 27.4. The molecule has 0 radical (unpaired) electrons. The summed E-state index contributed by atoms with van der Waals surface area (Å²) in [4.78, 5) is 38.8. The van der Waals surface area contributed by atoms with Crippen LogP contribution in [-0.2, 0) is 22.6 Å². The first-order chi connectivity index (χ1) is 22.2. The van der Waals surface area contributed by atoms with Crippen LogP contribution < -0.4 is 14.4 Å². The number of halogens is 1. The van der Waals surface area contributed by atoms with Gasteiger partial charge in [0.05, 0.1) is 18.3 Å². The number of hydrogen-bond acceptors (Lipinski definition) is 9. The predicted molar refractivity (Wildman–Crippen MR) is 173 cm³/mol. The van der Waals surface area contributed by atoms with Crippen molar-refractivity contribution in [2.45, 2.75) is 65.8 Å². The molecule has 1 aromatic heterocycles.